The molecule has 12 heavy (non-hydrogen) atoms. The van der Waals surface area contributed by atoms with E-state index in [9.17, 15) is 4.79 Å². The van der Waals surface area contributed by atoms with Crippen molar-refractivity contribution in [2.24, 2.45) is 0 Å². The lowest BCUT2D eigenvalue weighted by atomic mass is 10.1. The summed E-state index contributed by atoms with van der Waals surface area (Å²) in [5.74, 6) is -0.0278. The second-order valence-corrected chi connectivity index (χ2v) is 3.36. The Hall–Kier alpha value is -1.02. The molecule has 0 bridgehead atoms. The molecular formula is C9H8ClNO. The highest BCUT2D eigenvalue weighted by Gasteiger charge is 2.24. The predicted molar refractivity (Wildman–Crippen MR) is 47.3 cm³/mol. The highest BCUT2D eigenvalue weighted by Crippen LogP contribution is 2.26. The van der Waals surface area contributed by atoms with Crippen LogP contribution in [-0.4, -0.2) is 5.91 Å². The molecular weight excluding hydrogens is 174 g/mol. The zero-order valence-corrected chi connectivity index (χ0v) is 7.35. The lowest BCUT2D eigenvalue weighted by Crippen LogP contribution is -2.16. The van der Waals surface area contributed by atoms with Gasteiger partial charge in [0.2, 0.25) is 0 Å². The Labute approximate surface area is 75.5 Å². The van der Waals surface area contributed by atoms with Crippen molar-refractivity contribution >= 4 is 17.5 Å². The number of halogens is 1. The number of amides is 1. The SMILES string of the molecule is CC1NC(=O)c2cc(Cl)ccc21. The van der Waals surface area contributed by atoms with E-state index in [1.807, 2.05) is 13.0 Å². The molecule has 0 spiro atoms. The van der Waals surface area contributed by atoms with Gasteiger partial charge in [0.25, 0.3) is 5.91 Å². The molecule has 0 fully saturated rings. The van der Waals surface area contributed by atoms with Gasteiger partial charge in [0.1, 0.15) is 0 Å². The maximum atomic E-state index is 11.3. The largest absolute Gasteiger partial charge is 0.345 e. The standard InChI is InChI=1S/C9H8ClNO/c1-5-7-3-2-6(10)4-8(7)9(12)11-5/h2-5H,1H3,(H,11,12). The third-order valence-corrected chi connectivity index (χ3v) is 2.31. The van der Waals surface area contributed by atoms with E-state index in [1.165, 1.54) is 0 Å². The van der Waals surface area contributed by atoms with Gasteiger partial charge in [0.05, 0.1) is 6.04 Å². The van der Waals surface area contributed by atoms with Gasteiger partial charge in [-0.15, -0.1) is 0 Å². The number of hydrogen-bond donors (Lipinski definition) is 1. The maximum Gasteiger partial charge on any atom is 0.252 e. The van der Waals surface area contributed by atoms with Gasteiger partial charge in [-0.05, 0) is 24.6 Å². The van der Waals surface area contributed by atoms with Gasteiger partial charge in [0.15, 0.2) is 0 Å². The number of fused-ring (bicyclic) bond motifs is 1. The molecule has 1 aliphatic rings. The molecule has 0 radical (unpaired) electrons. The fraction of sp³-hybridized carbons (Fsp3) is 0.222. The third-order valence-electron chi connectivity index (χ3n) is 2.07. The van der Waals surface area contributed by atoms with Crippen molar-refractivity contribution in [3.63, 3.8) is 0 Å². The number of nitrogens with one attached hydrogen (secondary N) is 1. The van der Waals surface area contributed by atoms with Gasteiger partial charge in [-0.25, -0.2) is 0 Å². The van der Waals surface area contributed by atoms with Crippen molar-refractivity contribution in [1.29, 1.82) is 0 Å². The van der Waals surface area contributed by atoms with E-state index >= 15 is 0 Å². The van der Waals surface area contributed by atoms with Gasteiger partial charge in [0, 0.05) is 10.6 Å². The smallest absolute Gasteiger partial charge is 0.252 e. The molecule has 0 aliphatic carbocycles. The molecule has 2 nitrogen and oxygen atoms in total. The third kappa shape index (κ3) is 0.994. The molecule has 1 aromatic rings. The molecule has 1 aromatic carbocycles. The summed E-state index contributed by atoms with van der Waals surface area (Å²) in [6.45, 7) is 1.96. The lowest BCUT2D eigenvalue weighted by molar-refractivity contribution is 0.0958. The second-order valence-electron chi connectivity index (χ2n) is 2.93. The molecule has 0 saturated heterocycles. The Balaban J connectivity index is 2.60. The van der Waals surface area contributed by atoms with E-state index in [0.29, 0.717) is 10.6 Å². The summed E-state index contributed by atoms with van der Waals surface area (Å²) in [7, 11) is 0. The fourth-order valence-corrected chi connectivity index (χ4v) is 1.63. The Kier molecular flexibility index (Phi) is 1.58. The van der Waals surface area contributed by atoms with Crippen molar-refractivity contribution in [2.75, 3.05) is 0 Å². The molecule has 62 valence electrons. The first-order valence-corrected chi connectivity index (χ1v) is 4.16. The van der Waals surface area contributed by atoms with Gasteiger partial charge in [-0.1, -0.05) is 17.7 Å². The Morgan fingerprint density at radius 2 is 2.25 bits per heavy atom. The number of hydrogen-bond acceptors (Lipinski definition) is 1. The normalized spacial score (nSPS) is 20.5. The number of benzene rings is 1. The minimum absolute atomic E-state index is 0.0278. The fourth-order valence-electron chi connectivity index (χ4n) is 1.45. The summed E-state index contributed by atoms with van der Waals surface area (Å²) in [5, 5.41) is 3.42. The second kappa shape index (κ2) is 2.49. The molecule has 0 saturated carbocycles. The van der Waals surface area contributed by atoms with Crippen LogP contribution in [-0.2, 0) is 0 Å². The summed E-state index contributed by atoms with van der Waals surface area (Å²) in [6.07, 6.45) is 0. The Morgan fingerprint density at radius 1 is 1.50 bits per heavy atom. The topological polar surface area (TPSA) is 29.1 Å². The summed E-state index contributed by atoms with van der Waals surface area (Å²) >= 11 is 5.76. The summed E-state index contributed by atoms with van der Waals surface area (Å²) in [4.78, 5) is 11.3. The highest BCUT2D eigenvalue weighted by molar-refractivity contribution is 6.31. The molecule has 2 rings (SSSR count). The summed E-state index contributed by atoms with van der Waals surface area (Å²) in [6, 6.07) is 5.51. The molecule has 3 heteroatoms. The highest BCUT2D eigenvalue weighted by atomic mass is 35.5. The van der Waals surface area contributed by atoms with Crippen molar-refractivity contribution in [3.8, 4) is 0 Å². The van der Waals surface area contributed by atoms with E-state index in [1.54, 1.807) is 12.1 Å². The number of carbonyl (C=O) groups is 1. The first kappa shape index (κ1) is 7.62. The van der Waals surface area contributed by atoms with Gasteiger partial charge >= 0.3 is 0 Å². The predicted octanol–water partition coefficient (Wildman–Crippen LogP) is 2.14. The lowest BCUT2D eigenvalue weighted by Gasteiger charge is -2.01. The summed E-state index contributed by atoms with van der Waals surface area (Å²) < 4.78 is 0. The van der Waals surface area contributed by atoms with E-state index in [2.05, 4.69) is 5.32 Å². The van der Waals surface area contributed by atoms with Crippen LogP contribution in [0.15, 0.2) is 18.2 Å². The van der Waals surface area contributed by atoms with Crippen molar-refractivity contribution in [1.82, 2.24) is 5.32 Å². The van der Waals surface area contributed by atoms with Crippen molar-refractivity contribution in [3.05, 3.63) is 34.3 Å². The molecule has 1 amide bonds. The molecule has 1 aliphatic heterocycles. The van der Waals surface area contributed by atoms with Crippen LogP contribution in [0, 0.1) is 0 Å². The van der Waals surface area contributed by atoms with Crippen molar-refractivity contribution in [2.45, 2.75) is 13.0 Å². The van der Waals surface area contributed by atoms with Gasteiger partial charge < -0.3 is 5.32 Å². The molecule has 0 aromatic heterocycles. The minimum Gasteiger partial charge on any atom is -0.345 e. The monoisotopic (exact) mass is 181 g/mol. The van der Waals surface area contributed by atoms with Crippen LogP contribution in [0.1, 0.15) is 28.9 Å². The van der Waals surface area contributed by atoms with Crippen LogP contribution in [0.25, 0.3) is 0 Å². The Morgan fingerprint density at radius 3 is 3.00 bits per heavy atom. The van der Waals surface area contributed by atoms with Gasteiger partial charge in [-0.2, -0.15) is 0 Å². The average molecular weight is 182 g/mol. The van der Waals surface area contributed by atoms with E-state index < -0.39 is 0 Å². The van der Waals surface area contributed by atoms with Crippen LogP contribution in [0.2, 0.25) is 5.02 Å². The van der Waals surface area contributed by atoms with Crippen molar-refractivity contribution < 1.29 is 4.79 Å². The maximum absolute atomic E-state index is 11.3. The van der Waals surface area contributed by atoms with Crippen LogP contribution in [0.3, 0.4) is 0 Å². The molecule has 1 atom stereocenters. The van der Waals surface area contributed by atoms with E-state index in [0.717, 1.165) is 5.56 Å². The molecule has 1 unspecified atom stereocenters. The first-order valence-electron chi connectivity index (χ1n) is 3.79. The van der Waals surface area contributed by atoms with Gasteiger partial charge in [-0.3, -0.25) is 4.79 Å². The van der Waals surface area contributed by atoms with Crippen LogP contribution >= 0.6 is 11.6 Å². The van der Waals surface area contributed by atoms with Crippen LogP contribution in [0.5, 0.6) is 0 Å². The van der Waals surface area contributed by atoms with E-state index in [4.69, 9.17) is 11.6 Å². The van der Waals surface area contributed by atoms with E-state index in [-0.39, 0.29) is 11.9 Å². The molecule has 1 heterocycles. The average Bonchev–Trinajstić information content (AvgIpc) is 2.28. The number of carbonyl (C=O) groups excluding carboxylic acids is 1. The summed E-state index contributed by atoms with van der Waals surface area (Å²) in [5.41, 5.74) is 1.74. The first-order chi connectivity index (χ1) is 5.68. The zero-order chi connectivity index (χ0) is 8.72. The van der Waals surface area contributed by atoms with Crippen LogP contribution < -0.4 is 5.32 Å². The zero-order valence-electron chi connectivity index (χ0n) is 6.60. The number of rotatable bonds is 0. The minimum atomic E-state index is -0.0278. The quantitative estimate of drug-likeness (QED) is 0.653. The van der Waals surface area contributed by atoms with Crippen LogP contribution in [0.4, 0.5) is 0 Å². The molecule has 1 N–H and O–H groups in total. The Bertz CT molecular complexity index is 348.